The third kappa shape index (κ3) is 4.60. The molecule has 3 aromatic rings. The van der Waals surface area contributed by atoms with Crippen molar-refractivity contribution in [3.8, 4) is 5.75 Å². The molecular formula is C24H28FN3O4S. The molecule has 1 fully saturated rings. The van der Waals surface area contributed by atoms with Gasteiger partial charge in [0, 0.05) is 44.8 Å². The van der Waals surface area contributed by atoms with Crippen molar-refractivity contribution in [1.29, 1.82) is 0 Å². The lowest BCUT2D eigenvalue weighted by molar-refractivity contribution is 0.0687. The predicted molar refractivity (Wildman–Crippen MR) is 125 cm³/mol. The number of carbonyl (C=O) groups excluding carboxylic acids is 1. The molecule has 0 spiro atoms. The summed E-state index contributed by atoms with van der Waals surface area (Å²) >= 11 is 0. The van der Waals surface area contributed by atoms with Gasteiger partial charge in [0.15, 0.2) is 0 Å². The number of hydrogen-bond donors (Lipinski definition) is 0. The van der Waals surface area contributed by atoms with E-state index in [1.54, 1.807) is 18.2 Å². The first-order valence-corrected chi connectivity index (χ1v) is 12.3. The minimum Gasteiger partial charge on any atom is -0.496 e. The highest BCUT2D eigenvalue weighted by molar-refractivity contribution is 7.87. The highest BCUT2D eigenvalue weighted by Gasteiger charge is 2.27. The van der Waals surface area contributed by atoms with Crippen molar-refractivity contribution >= 4 is 27.0 Å². The minimum absolute atomic E-state index is 0.128. The number of fused-ring (bicyclic) bond motifs is 1. The summed E-state index contributed by atoms with van der Waals surface area (Å²) in [6.45, 7) is 1.25. The number of hydrogen-bond acceptors (Lipinski definition) is 4. The molecule has 1 amide bonds. The van der Waals surface area contributed by atoms with Crippen molar-refractivity contribution < 1.29 is 22.3 Å². The van der Waals surface area contributed by atoms with Crippen LogP contribution in [0.4, 0.5) is 4.39 Å². The van der Waals surface area contributed by atoms with Crippen LogP contribution in [0.3, 0.4) is 0 Å². The summed E-state index contributed by atoms with van der Waals surface area (Å²) in [6, 6.07) is 11.6. The lowest BCUT2D eigenvalue weighted by Crippen LogP contribution is -2.39. The van der Waals surface area contributed by atoms with Gasteiger partial charge >= 0.3 is 10.2 Å². The zero-order valence-electron chi connectivity index (χ0n) is 19.0. The summed E-state index contributed by atoms with van der Waals surface area (Å²) < 4.78 is 46.1. The Labute approximate surface area is 193 Å². The number of benzene rings is 2. The fourth-order valence-corrected chi connectivity index (χ4v) is 5.29. The average Bonchev–Trinajstić information content (AvgIpc) is 3.23. The SMILES string of the molecule is COc1cc2c(ccn2S(=O)(=O)N(C)C)cc1C(=O)N1CCC(Cc2ccc(F)cc2)CC1. The van der Waals surface area contributed by atoms with E-state index in [1.807, 2.05) is 17.0 Å². The van der Waals surface area contributed by atoms with Crippen LogP contribution in [-0.4, -0.2) is 61.8 Å². The lowest BCUT2D eigenvalue weighted by Gasteiger charge is -2.32. The standard InChI is InChI=1S/C24H28FN3O4S/c1-26(2)33(30,31)28-13-10-19-15-21(23(32-3)16-22(19)28)24(29)27-11-8-18(9-12-27)14-17-4-6-20(25)7-5-17/h4-7,10,13,15-16,18H,8-9,11-12,14H2,1-3H3. The Hall–Kier alpha value is -2.91. The van der Waals surface area contributed by atoms with Gasteiger partial charge < -0.3 is 9.64 Å². The van der Waals surface area contributed by atoms with Gasteiger partial charge in [-0.15, -0.1) is 0 Å². The molecule has 1 saturated heterocycles. The number of aromatic nitrogens is 1. The summed E-state index contributed by atoms with van der Waals surface area (Å²) in [5.74, 6) is 0.418. The Kier molecular flexibility index (Phi) is 6.45. The van der Waals surface area contributed by atoms with Crippen LogP contribution in [0.15, 0.2) is 48.7 Å². The molecule has 9 heteroatoms. The summed E-state index contributed by atoms with van der Waals surface area (Å²) in [4.78, 5) is 15.1. The summed E-state index contributed by atoms with van der Waals surface area (Å²) in [5.41, 5.74) is 1.97. The van der Waals surface area contributed by atoms with Gasteiger partial charge in [0.25, 0.3) is 5.91 Å². The Morgan fingerprint density at radius 3 is 2.39 bits per heavy atom. The van der Waals surface area contributed by atoms with Crippen LogP contribution < -0.4 is 4.74 Å². The highest BCUT2D eigenvalue weighted by Crippen LogP contribution is 2.31. The van der Waals surface area contributed by atoms with Crippen molar-refractivity contribution in [2.75, 3.05) is 34.3 Å². The molecule has 0 N–H and O–H groups in total. The van der Waals surface area contributed by atoms with E-state index in [2.05, 4.69) is 0 Å². The van der Waals surface area contributed by atoms with Gasteiger partial charge in [-0.1, -0.05) is 12.1 Å². The van der Waals surface area contributed by atoms with Crippen LogP contribution >= 0.6 is 0 Å². The molecule has 0 unspecified atom stereocenters. The molecule has 7 nitrogen and oxygen atoms in total. The number of methoxy groups -OCH3 is 1. The third-order valence-corrected chi connectivity index (χ3v) is 7.99. The van der Waals surface area contributed by atoms with Crippen molar-refractivity contribution in [3.05, 3.63) is 65.6 Å². The highest BCUT2D eigenvalue weighted by atomic mass is 32.2. The predicted octanol–water partition coefficient (Wildman–Crippen LogP) is 3.54. The largest absolute Gasteiger partial charge is 0.496 e. The monoisotopic (exact) mass is 473 g/mol. The van der Waals surface area contributed by atoms with E-state index in [1.165, 1.54) is 43.5 Å². The number of nitrogens with zero attached hydrogens (tertiary/aromatic N) is 3. The fourth-order valence-electron chi connectivity index (χ4n) is 4.32. The van der Waals surface area contributed by atoms with Crippen LogP contribution in [0.2, 0.25) is 0 Å². The molecule has 176 valence electrons. The van der Waals surface area contributed by atoms with Crippen LogP contribution in [0.5, 0.6) is 5.75 Å². The van der Waals surface area contributed by atoms with Gasteiger partial charge in [0.2, 0.25) is 0 Å². The van der Waals surface area contributed by atoms with Crippen molar-refractivity contribution in [2.24, 2.45) is 5.92 Å². The van der Waals surface area contributed by atoms with Crippen molar-refractivity contribution in [3.63, 3.8) is 0 Å². The second-order valence-corrected chi connectivity index (χ2v) is 10.6. The molecule has 1 aliphatic rings. The first-order chi connectivity index (χ1) is 15.7. The summed E-state index contributed by atoms with van der Waals surface area (Å²) in [7, 11) is 0.714. The topological polar surface area (TPSA) is 71.8 Å². The van der Waals surface area contributed by atoms with E-state index in [9.17, 15) is 17.6 Å². The fraction of sp³-hybridized carbons (Fsp3) is 0.375. The number of piperidine rings is 1. The number of likely N-dealkylation sites (tertiary alicyclic amines) is 1. The Bertz CT molecular complexity index is 1260. The maximum Gasteiger partial charge on any atom is 0.307 e. The molecule has 0 aliphatic carbocycles. The Morgan fingerprint density at radius 1 is 1.12 bits per heavy atom. The second-order valence-electron chi connectivity index (χ2n) is 8.58. The first kappa shape index (κ1) is 23.3. The van der Waals surface area contributed by atoms with Crippen LogP contribution in [0.1, 0.15) is 28.8 Å². The first-order valence-electron chi connectivity index (χ1n) is 10.9. The van der Waals surface area contributed by atoms with Crippen molar-refractivity contribution in [2.45, 2.75) is 19.3 Å². The van der Waals surface area contributed by atoms with Gasteiger partial charge in [-0.05, 0) is 55.0 Å². The van der Waals surface area contributed by atoms with Crippen LogP contribution in [-0.2, 0) is 16.6 Å². The van der Waals surface area contributed by atoms with E-state index < -0.39 is 10.2 Å². The molecule has 2 heterocycles. The molecule has 1 aliphatic heterocycles. The normalized spacial score (nSPS) is 15.4. The van der Waals surface area contributed by atoms with Crippen molar-refractivity contribution in [1.82, 2.24) is 13.2 Å². The molecule has 0 radical (unpaired) electrons. The van der Waals surface area contributed by atoms with Gasteiger partial charge in [0.05, 0.1) is 18.2 Å². The molecule has 4 rings (SSSR count). The van der Waals surface area contributed by atoms with E-state index in [-0.39, 0.29) is 11.7 Å². The van der Waals surface area contributed by atoms with Gasteiger partial charge in [0.1, 0.15) is 11.6 Å². The smallest absolute Gasteiger partial charge is 0.307 e. The van der Waals surface area contributed by atoms with Gasteiger partial charge in [-0.3, -0.25) is 4.79 Å². The van der Waals surface area contributed by atoms with E-state index in [0.717, 1.165) is 29.1 Å². The van der Waals surface area contributed by atoms with E-state index >= 15 is 0 Å². The maximum absolute atomic E-state index is 13.3. The number of halogens is 1. The summed E-state index contributed by atoms with van der Waals surface area (Å²) in [6.07, 6.45) is 4.08. The number of amides is 1. The number of rotatable bonds is 6. The van der Waals surface area contributed by atoms with Gasteiger partial charge in [-0.2, -0.15) is 12.7 Å². The van der Waals surface area contributed by atoms with E-state index in [4.69, 9.17) is 4.74 Å². The number of ether oxygens (including phenoxy) is 1. The molecule has 0 atom stereocenters. The molecule has 0 saturated carbocycles. The maximum atomic E-state index is 13.3. The molecule has 1 aromatic heterocycles. The quantitative estimate of drug-likeness (QED) is 0.549. The lowest BCUT2D eigenvalue weighted by atomic mass is 9.90. The van der Waals surface area contributed by atoms with E-state index in [0.29, 0.717) is 41.2 Å². The Morgan fingerprint density at radius 2 is 1.79 bits per heavy atom. The molecule has 33 heavy (non-hydrogen) atoms. The molecule has 2 aromatic carbocycles. The molecule has 0 bridgehead atoms. The second kappa shape index (κ2) is 9.15. The average molecular weight is 474 g/mol. The van der Waals surface area contributed by atoms with Crippen LogP contribution in [0, 0.1) is 11.7 Å². The van der Waals surface area contributed by atoms with Crippen LogP contribution in [0.25, 0.3) is 10.9 Å². The molecular weight excluding hydrogens is 445 g/mol. The number of carbonyl (C=O) groups is 1. The third-order valence-electron chi connectivity index (χ3n) is 6.26. The zero-order chi connectivity index (χ0) is 23.8. The zero-order valence-corrected chi connectivity index (χ0v) is 19.8. The Balaban J connectivity index is 1.52. The van der Waals surface area contributed by atoms with Gasteiger partial charge in [-0.25, -0.2) is 8.36 Å². The minimum atomic E-state index is -3.69. The summed E-state index contributed by atoms with van der Waals surface area (Å²) in [5, 5.41) is 0.649.